The van der Waals surface area contributed by atoms with Gasteiger partial charge in [-0.3, -0.25) is 14.4 Å². The summed E-state index contributed by atoms with van der Waals surface area (Å²) in [6.07, 6.45) is 2.40. The van der Waals surface area contributed by atoms with Crippen LogP contribution in [0.15, 0.2) is 18.2 Å². The molecule has 3 rings (SSSR count). The van der Waals surface area contributed by atoms with E-state index in [9.17, 15) is 19.5 Å². The van der Waals surface area contributed by atoms with E-state index in [1.54, 1.807) is 9.80 Å². The summed E-state index contributed by atoms with van der Waals surface area (Å²) >= 11 is 0. The smallest absolute Gasteiger partial charge is 0.254 e. The Morgan fingerprint density at radius 1 is 1.11 bits per heavy atom. The number of likely N-dealkylation sites (tertiary alicyclic amines) is 2. The van der Waals surface area contributed by atoms with Gasteiger partial charge in [0.25, 0.3) is 5.91 Å². The summed E-state index contributed by atoms with van der Waals surface area (Å²) in [5.41, 5.74) is 5.86. The fraction of sp³-hybridized carbons (Fsp3) is 0.474. The minimum atomic E-state index is -0.520. The van der Waals surface area contributed by atoms with E-state index in [2.05, 4.69) is 0 Å². The Morgan fingerprint density at radius 3 is 2.44 bits per heavy atom. The third-order valence-electron chi connectivity index (χ3n) is 5.29. The quantitative estimate of drug-likeness (QED) is 0.805. The average molecular weight is 370 g/mol. The number of carbonyl (C=O) groups excluding carboxylic acids is 3. The third kappa shape index (κ3) is 3.87. The number of nitrogens with zero attached hydrogens (tertiary/aromatic N) is 3. The van der Waals surface area contributed by atoms with Crippen molar-refractivity contribution in [3.05, 3.63) is 29.3 Å². The van der Waals surface area contributed by atoms with Crippen LogP contribution in [0.25, 0.3) is 0 Å². The first kappa shape index (κ1) is 18.7. The van der Waals surface area contributed by atoms with Gasteiger partial charge in [0.1, 0.15) is 11.8 Å². The Bertz CT molecular complexity index is 808. The van der Waals surface area contributed by atoms with E-state index in [0.29, 0.717) is 38.9 Å². The summed E-state index contributed by atoms with van der Waals surface area (Å²) in [5.74, 6) is -1.16. The van der Waals surface area contributed by atoms with Gasteiger partial charge in [-0.2, -0.15) is 5.26 Å². The maximum atomic E-state index is 12.7. The van der Waals surface area contributed by atoms with Gasteiger partial charge in [-0.25, -0.2) is 0 Å². The van der Waals surface area contributed by atoms with Gasteiger partial charge in [-0.15, -0.1) is 0 Å². The van der Waals surface area contributed by atoms with E-state index in [-0.39, 0.29) is 34.6 Å². The number of rotatable bonds is 3. The average Bonchev–Trinajstić information content (AvgIpc) is 3.16. The standard InChI is InChI=1S/C19H22N4O4/c20-11-12-8-14(10-15(24)9-12)18(26)22-6-3-13(4-7-22)19(27)23-5-1-2-16(23)17(21)25/h8-10,13,16,24H,1-7H2,(H2,21,25). The lowest BCUT2D eigenvalue weighted by molar-refractivity contribution is -0.141. The van der Waals surface area contributed by atoms with E-state index in [1.165, 1.54) is 18.2 Å². The molecule has 1 aromatic carbocycles. The predicted octanol–water partition coefficient (Wildman–Crippen LogP) is 0.592. The zero-order valence-corrected chi connectivity index (χ0v) is 14.9. The van der Waals surface area contributed by atoms with E-state index in [0.717, 1.165) is 6.42 Å². The molecular formula is C19H22N4O4. The summed E-state index contributed by atoms with van der Waals surface area (Å²) < 4.78 is 0. The van der Waals surface area contributed by atoms with Crippen molar-refractivity contribution >= 4 is 17.7 Å². The van der Waals surface area contributed by atoms with Crippen LogP contribution in [0.3, 0.4) is 0 Å². The maximum Gasteiger partial charge on any atom is 0.254 e. The molecule has 2 aliphatic heterocycles. The van der Waals surface area contributed by atoms with Gasteiger partial charge in [0, 0.05) is 31.1 Å². The first-order valence-electron chi connectivity index (χ1n) is 9.04. The van der Waals surface area contributed by atoms with Crippen LogP contribution in [-0.4, -0.2) is 58.3 Å². The SMILES string of the molecule is N#Cc1cc(O)cc(C(=O)N2CCC(C(=O)N3CCCC3C(N)=O)CC2)c1. The number of aromatic hydroxyl groups is 1. The highest BCUT2D eigenvalue weighted by Crippen LogP contribution is 2.26. The molecule has 2 heterocycles. The molecular weight excluding hydrogens is 348 g/mol. The summed E-state index contributed by atoms with van der Waals surface area (Å²) in [4.78, 5) is 40.1. The molecule has 2 saturated heterocycles. The Kier molecular flexibility index (Phi) is 5.31. The van der Waals surface area contributed by atoms with Gasteiger partial charge >= 0.3 is 0 Å². The second-order valence-corrected chi connectivity index (χ2v) is 7.04. The zero-order valence-electron chi connectivity index (χ0n) is 14.9. The number of phenolic OH excluding ortho intramolecular Hbond substituents is 1. The molecule has 2 fully saturated rings. The van der Waals surface area contributed by atoms with Crippen LogP contribution in [0.4, 0.5) is 0 Å². The van der Waals surface area contributed by atoms with Crippen molar-refractivity contribution in [3.63, 3.8) is 0 Å². The van der Waals surface area contributed by atoms with Crippen LogP contribution in [-0.2, 0) is 9.59 Å². The number of phenols is 1. The lowest BCUT2D eigenvalue weighted by atomic mass is 9.94. The van der Waals surface area contributed by atoms with E-state index >= 15 is 0 Å². The number of primary amides is 1. The van der Waals surface area contributed by atoms with Crippen molar-refractivity contribution < 1.29 is 19.5 Å². The minimum absolute atomic E-state index is 0.0625. The summed E-state index contributed by atoms with van der Waals surface area (Å²) in [7, 11) is 0. The maximum absolute atomic E-state index is 12.7. The largest absolute Gasteiger partial charge is 0.508 e. The number of piperidine rings is 1. The molecule has 1 atom stereocenters. The normalized spacial score (nSPS) is 20.3. The van der Waals surface area contributed by atoms with Gasteiger partial charge in [-0.05, 0) is 43.9 Å². The molecule has 27 heavy (non-hydrogen) atoms. The van der Waals surface area contributed by atoms with Gasteiger partial charge in [0.05, 0.1) is 11.6 Å². The second kappa shape index (κ2) is 7.66. The summed E-state index contributed by atoms with van der Waals surface area (Å²) in [6.45, 7) is 1.36. The zero-order chi connectivity index (χ0) is 19.6. The van der Waals surface area contributed by atoms with Crippen LogP contribution < -0.4 is 5.73 Å². The molecule has 0 spiro atoms. The lowest BCUT2D eigenvalue weighted by Gasteiger charge is -2.34. The highest BCUT2D eigenvalue weighted by atomic mass is 16.3. The lowest BCUT2D eigenvalue weighted by Crippen LogP contribution is -2.49. The molecule has 0 saturated carbocycles. The van der Waals surface area contributed by atoms with Crippen LogP contribution >= 0.6 is 0 Å². The molecule has 8 nitrogen and oxygen atoms in total. The van der Waals surface area contributed by atoms with Crippen molar-refractivity contribution in [2.75, 3.05) is 19.6 Å². The summed E-state index contributed by atoms with van der Waals surface area (Å²) in [6, 6.07) is 5.47. The topological polar surface area (TPSA) is 128 Å². The molecule has 8 heteroatoms. The van der Waals surface area contributed by atoms with Crippen LogP contribution in [0.2, 0.25) is 0 Å². The van der Waals surface area contributed by atoms with Crippen molar-refractivity contribution in [1.82, 2.24) is 9.80 Å². The van der Waals surface area contributed by atoms with E-state index in [4.69, 9.17) is 11.0 Å². The van der Waals surface area contributed by atoms with Crippen molar-refractivity contribution in [2.45, 2.75) is 31.7 Å². The number of hydrogen-bond acceptors (Lipinski definition) is 5. The highest BCUT2D eigenvalue weighted by Gasteiger charge is 2.37. The Labute approximate surface area is 157 Å². The molecule has 0 aromatic heterocycles. The molecule has 142 valence electrons. The molecule has 3 N–H and O–H groups in total. The van der Waals surface area contributed by atoms with Gasteiger partial charge in [0.2, 0.25) is 11.8 Å². The van der Waals surface area contributed by atoms with Crippen molar-refractivity contribution in [3.8, 4) is 11.8 Å². The number of nitriles is 1. The van der Waals surface area contributed by atoms with Gasteiger partial charge in [-0.1, -0.05) is 0 Å². The number of hydrogen-bond donors (Lipinski definition) is 2. The Hall–Kier alpha value is -3.08. The fourth-order valence-corrected chi connectivity index (χ4v) is 3.87. The molecule has 1 aromatic rings. The van der Waals surface area contributed by atoms with Crippen molar-refractivity contribution in [1.29, 1.82) is 5.26 Å². The molecule has 0 aliphatic carbocycles. The molecule has 3 amide bonds. The molecule has 0 radical (unpaired) electrons. The Morgan fingerprint density at radius 2 is 1.81 bits per heavy atom. The third-order valence-corrected chi connectivity index (χ3v) is 5.29. The van der Waals surface area contributed by atoms with E-state index in [1.807, 2.05) is 6.07 Å². The first-order chi connectivity index (χ1) is 12.9. The Balaban J connectivity index is 1.63. The van der Waals surface area contributed by atoms with Crippen LogP contribution in [0, 0.1) is 17.2 Å². The summed E-state index contributed by atoms with van der Waals surface area (Å²) in [5, 5.41) is 18.6. The van der Waals surface area contributed by atoms with Gasteiger partial charge in [0.15, 0.2) is 0 Å². The second-order valence-electron chi connectivity index (χ2n) is 7.04. The number of benzene rings is 1. The first-order valence-corrected chi connectivity index (χ1v) is 9.04. The minimum Gasteiger partial charge on any atom is -0.508 e. The molecule has 0 bridgehead atoms. The van der Waals surface area contributed by atoms with Crippen LogP contribution in [0.5, 0.6) is 5.75 Å². The highest BCUT2D eigenvalue weighted by molar-refractivity contribution is 5.95. The van der Waals surface area contributed by atoms with Crippen LogP contribution in [0.1, 0.15) is 41.6 Å². The molecule has 1 unspecified atom stereocenters. The van der Waals surface area contributed by atoms with Crippen molar-refractivity contribution in [2.24, 2.45) is 11.7 Å². The number of carbonyl (C=O) groups is 3. The number of nitrogens with two attached hydrogens (primary N) is 1. The fourth-order valence-electron chi connectivity index (χ4n) is 3.87. The monoisotopic (exact) mass is 370 g/mol. The van der Waals surface area contributed by atoms with E-state index < -0.39 is 11.9 Å². The number of amides is 3. The van der Waals surface area contributed by atoms with Gasteiger partial charge < -0.3 is 20.6 Å². The predicted molar refractivity (Wildman–Crippen MR) is 95.4 cm³/mol. The molecule has 2 aliphatic rings.